The maximum Gasteiger partial charge on any atom is 0.221 e. The van der Waals surface area contributed by atoms with E-state index in [1.807, 2.05) is 12.1 Å². The molecule has 1 fully saturated rings. The lowest BCUT2D eigenvalue weighted by molar-refractivity contribution is -0.114. The fourth-order valence-electron chi connectivity index (χ4n) is 2.66. The summed E-state index contributed by atoms with van der Waals surface area (Å²) >= 11 is 3.60. The fourth-order valence-corrected chi connectivity index (χ4v) is 3.15. The molecular weight excluding hydrogens is 320 g/mol. The van der Waals surface area contributed by atoms with Gasteiger partial charge in [-0.05, 0) is 56.0 Å². The van der Waals surface area contributed by atoms with E-state index in [9.17, 15) is 4.79 Å². The predicted octanol–water partition coefficient (Wildman–Crippen LogP) is 2.96. The molecule has 0 radical (unpaired) electrons. The normalized spacial score (nSPS) is 15.9. The molecular formula is C15H21BrN2O2. The predicted molar refractivity (Wildman–Crippen MR) is 84.3 cm³/mol. The van der Waals surface area contributed by atoms with Gasteiger partial charge in [-0.1, -0.05) is 15.9 Å². The van der Waals surface area contributed by atoms with Gasteiger partial charge in [-0.2, -0.15) is 0 Å². The number of hydrogen-bond donors (Lipinski definition) is 2. The van der Waals surface area contributed by atoms with Crippen molar-refractivity contribution in [1.29, 1.82) is 0 Å². The molecule has 0 unspecified atom stereocenters. The standard InChI is InChI=1S/C15H21BrN2O2/c1-10(19)18-15-12(9-11-5-7-17-8-6-11)13(16)3-4-14(15)20-2/h3-4,11,17H,5-9H2,1-2H3,(H,18,19). The van der Waals surface area contributed by atoms with Crippen LogP contribution in [0.4, 0.5) is 5.69 Å². The minimum Gasteiger partial charge on any atom is -0.495 e. The van der Waals surface area contributed by atoms with Crippen molar-refractivity contribution in [2.24, 2.45) is 5.92 Å². The van der Waals surface area contributed by atoms with Gasteiger partial charge < -0.3 is 15.4 Å². The Morgan fingerprint density at radius 2 is 2.15 bits per heavy atom. The van der Waals surface area contributed by atoms with Crippen LogP contribution in [-0.2, 0) is 11.2 Å². The van der Waals surface area contributed by atoms with Gasteiger partial charge in [0.1, 0.15) is 5.75 Å². The van der Waals surface area contributed by atoms with E-state index in [2.05, 4.69) is 26.6 Å². The van der Waals surface area contributed by atoms with E-state index in [0.29, 0.717) is 11.7 Å². The molecule has 1 aromatic rings. The van der Waals surface area contributed by atoms with Crippen LogP contribution in [0.3, 0.4) is 0 Å². The van der Waals surface area contributed by atoms with Crippen molar-refractivity contribution in [2.75, 3.05) is 25.5 Å². The Kier molecular flexibility index (Phi) is 5.43. The first-order valence-electron chi connectivity index (χ1n) is 6.95. The molecule has 5 heteroatoms. The van der Waals surface area contributed by atoms with Gasteiger partial charge >= 0.3 is 0 Å². The number of benzene rings is 1. The molecule has 0 aromatic heterocycles. The van der Waals surface area contributed by atoms with Gasteiger partial charge in [-0.15, -0.1) is 0 Å². The molecule has 20 heavy (non-hydrogen) atoms. The molecule has 1 amide bonds. The molecule has 2 rings (SSSR count). The number of nitrogens with one attached hydrogen (secondary N) is 2. The summed E-state index contributed by atoms with van der Waals surface area (Å²) in [6, 6.07) is 3.86. The van der Waals surface area contributed by atoms with Crippen LogP contribution in [0.25, 0.3) is 0 Å². The number of carbonyl (C=O) groups excluding carboxylic acids is 1. The molecule has 1 aromatic carbocycles. The number of anilines is 1. The second-order valence-electron chi connectivity index (χ2n) is 5.18. The Hall–Kier alpha value is -1.07. The SMILES string of the molecule is COc1ccc(Br)c(CC2CCNCC2)c1NC(C)=O. The summed E-state index contributed by atoms with van der Waals surface area (Å²) < 4.78 is 6.41. The van der Waals surface area contributed by atoms with E-state index in [1.54, 1.807) is 7.11 Å². The topological polar surface area (TPSA) is 50.4 Å². The third-order valence-electron chi connectivity index (χ3n) is 3.69. The first kappa shape index (κ1) is 15.3. The molecule has 0 spiro atoms. The number of hydrogen-bond acceptors (Lipinski definition) is 3. The highest BCUT2D eigenvalue weighted by molar-refractivity contribution is 9.10. The number of ether oxygens (including phenoxy) is 1. The van der Waals surface area contributed by atoms with Crippen molar-refractivity contribution in [3.8, 4) is 5.75 Å². The zero-order valence-corrected chi connectivity index (χ0v) is 13.5. The molecule has 0 bridgehead atoms. The van der Waals surface area contributed by atoms with Crippen molar-refractivity contribution in [2.45, 2.75) is 26.2 Å². The van der Waals surface area contributed by atoms with Crippen LogP contribution in [0.15, 0.2) is 16.6 Å². The van der Waals surface area contributed by atoms with Gasteiger partial charge in [-0.25, -0.2) is 0 Å². The maximum atomic E-state index is 11.4. The van der Waals surface area contributed by atoms with Gasteiger partial charge in [0, 0.05) is 11.4 Å². The van der Waals surface area contributed by atoms with Gasteiger partial charge in [0.15, 0.2) is 0 Å². The fraction of sp³-hybridized carbons (Fsp3) is 0.533. The summed E-state index contributed by atoms with van der Waals surface area (Å²) in [6.07, 6.45) is 3.29. The second kappa shape index (κ2) is 7.09. The largest absolute Gasteiger partial charge is 0.495 e. The zero-order valence-electron chi connectivity index (χ0n) is 12.0. The summed E-state index contributed by atoms with van der Waals surface area (Å²) in [5, 5.41) is 6.29. The second-order valence-corrected chi connectivity index (χ2v) is 6.04. The molecule has 0 aliphatic carbocycles. The molecule has 0 saturated carbocycles. The number of amides is 1. The van der Waals surface area contributed by atoms with Gasteiger partial charge in [0.2, 0.25) is 5.91 Å². The van der Waals surface area contributed by atoms with Crippen LogP contribution in [0.5, 0.6) is 5.75 Å². The molecule has 1 saturated heterocycles. The Balaban J connectivity index is 2.30. The highest BCUT2D eigenvalue weighted by atomic mass is 79.9. The van der Waals surface area contributed by atoms with Crippen LogP contribution in [0.1, 0.15) is 25.3 Å². The number of methoxy groups -OCH3 is 1. The molecule has 1 aliphatic heterocycles. The average Bonchev–Trinajstić information content (AvgIpc) is 2.44. The summed E-state index contributed by atoms with van der Waals surface area (Å²) in [4.78, 5) is 11.4. The number of rotatable bonds is 4. The molecule has 0 atom stereocenters. The molecule has 1 aliphatic rings. The van der Waals surface area contributed by atoms with Gasteiger partial charge in [-0.3, -0.25) is 4.79 Å². The Morgan fingerprint density at radius 1 is 1.45 bits per heavy atom. The Bertz CT molecular complexity index is 485. The van der Waals surface area contributed by atoms with Crippen molar-refractivity contribution in [3.05, 3.63) is 22.2 Å². The van der Waals surface area contributed by atoms with E-state index in [1.165, 1.54) is 19.8 Å². The highest BCUT2D eigenvalue weighted by Crippen LogP contribution is 2.36. The van der Waals surface area contributed by atoms with Crippen LogP contribution in [-0.4, -0.2) is 26.1 Å². The first-order valence-corrected chi connectivity index (χ1v) is 7.74. The summed E-state index contributed by atoms with van der Waals surface area (Å²) in [5.74, 6) is 1.28. The van der Waals surface area contributed by atoms with Crippen LogP contribution in [0.2, 0.25) is 0 Å². The number of carbonyl (C=O) groups is 1. The number of piperidine rings is 1. The minimum absolute atomic E-state index is 0.0760. The first-order chi connectivity index (χ1) is 9.61. The lowest BCUT2D eigenvalue weighted by atomic mass is 9.90. The molecule has 4 nitrogen and oxygen atoms in total. The van der Waals surface area contributed by atoms with Gasteiger partial charge in [0.25, 0.3) is 0 Å². The monoisotopic (exact) mass is 340 g/mol. The van der Waals surface area contributed by atoms with Crippen molar-refractivity contribution < 1.29 is 9.53 Å². The van der Waals surface area contributed by atoms with Crippen LogP contribution in [0, 0.1) is 5.92 Å². The van der Waals surface area contributed by atoms with E-state index in [0.717, 1.165) is 35.2 Å². The lowest BCUT2D eigenvalue weighted by Gasteiger charge is -2.25. The van der Waals surface area contributed by atoms with Crippen molar-refractivity contribution >= 4 is 27.5 Å². The Morgan fingerprint density at radius 3 is 2.75 bits per heavy atom. The maximum absolute atomic E-state index is 11.4. The smallest absolute Gasteiger partial charge is 0.221 e. The number of halogens is 1. The van der Waals surface area contributed by atoms with Gasteiger partial charge in [0.05, 0.1) is 12.8 Å². The summed E-state index contributed by atoms with van der Waals surface area (Å²) in [5.41, 5.74) is 1.93. The summed E-state index contributed by atoms with van der Waals surface area (Å²) in [6.45, 7) is 3.66. The lowest BCUT2D eigenvalue weighted by Crippen LogP contribution is -2.29. The van der Waals surface area contributed by atoms with E-state index in [-0.39, 0.29) is 5.91 Å². The van der Waals surface area contributed by atoms with E-state index >= 15 is 0 Å². The molecule has 2 N–H and O–H groups in total. The average molecular weight is 341 g/mol. The highest BCUT2D eigenvalue weighted by Gasteiger charge is 2.20. The molecule has 110 valence electrons. The van der Waals surface area contributed by atoms with Crippen LogP contribution < -0.4 is 15.4 Å². The minimum atomic E-state index is -0.0760. The van der Waals surface area contributed by atoms with Crippen molar-refractivity contribution in [1.82, 2.24) is 5.32 Å². The van der Waals surface area contributed by atoms with E-state index < -0.39 is 0 Å². The third kappa shape index (κ3) is 3.73. The zero-order chi connectivity index (χ0) is 14.5. The van der Waals surface area contributed by atoms with Crippen molar-refractivity contribution in [3.63, 3.8) is 0 Å². The third-order valence-corrected chi connectivity index (χ3v) is 4.43. The Labute approximate surface area is 128 Å². The molecule has 1 heterocycles. The summed E-state index contributed by atoms with van der Waals surface area (Å²) in [7, 11) is 1.63. The van der Waals surface area contributed by atoms with E-state index in [4.69, 9.17) is 4.74 Å². The van der Waals surface area contributed by atoms with Crippen LogP contribution >= 0.6 is 15.9 Å². The quantitative estimate of drug-likeness (QED) is 0.885.